The molecule has 0 spiro atoms. The van der Waals surface area contributed by atoms with Crippen LogP contribution in [0.15, 0.2) is 52.4 Å². The molecule has 0 aromatic heterocycles. The predicted molar refractivity (Wildman–Crippen MR) is 129 cm³/mol. The van der Waals surface area contributed by atoms with E-state index in [2.05, 4.69) is 15.6 Å². The molecule has 0 saturated heterocycles. The van der Waals surface area contributed by atoms with Crippen molar-refractivity contribution in [2.45, 2.75) is 31.7 Å². The van der Waals surface area contributed by atoms with E-state index in [4.69, 9.17) is 4.74 Å². The fourth-order valence-corrected chi connectivity index (χ4v) is 3.70. The Morgan fingerprint density at radius 3 is 2.43 bits per heavy atom. The molecule has 0 saturated carbocycles. The molecule has 2 N–H and O–H groups in total. The number of rotatable bonds is 9. The SMILES string of the molecule is CCNC(=NCc1ccc(S(C)(=O)=O)c(C)c1)NCCCOc1ccc(F)cc1.I. The van der Waals surface area contributed by atoms with Crippen molar-refractivity contribution >= 4 is 39.8 Å². The van der Waals surface area contributed by atoms with Crippen LogP contribution in [-0.4, -0.2) is 40.3 Å². The summed E-state index contributed by atoms with van der Waals surface area (Å²) in [4.78, 5) is 4.89. The summed E-state index contributed by atoms with van der Waals surface area (Å²) in [6, 6.07) is 11.2. The van der Waals surface area contributed by atoms with Crippen molar-refractivity contribution < 1.29 is 17.5 Å². The minimum Gasteiger partial charge on any atom is -0.494 e. The smallest absolute Gasteiger partial charge is 0.191 e. The highest BCUT2D eigenvalue weighted by Gasteiger charge is 2.10. The third-order valence-corrected chi connectivity index (χ3v) is 5.36. The van der Waals surface area contributed by atoms with Crippen LogP contribution in [0.2, 0.25) is 0 Å². The Hall–Kier alpha value is -1.88. The number of ether oxygens (including phenoxy) is 1. The molecular weight excluding hydrogens is 520 g/mol. The maximum absolute atomic E-state index is 12.9. The Bertz CT molecular complexity index is 935. The van der Waals surface area contributed by atoms with Crippen molar-refractivity contribution in [1.29, 1.82) is 0 Å². The average Bonchev–Trinajstić information content (AvgIpc) is 2.66. The minimum atomic E-state index is -3.22. The lowest BCUT2D eigenvalue weighted by Crippen LogP contribution is -2.38. The molecule has 2 rings (SSSR count). The Morgan fingerprint density at radius 1 is 1.13 bits per heavy atom. The van der Waals surface area contributed by atoms with Crippen LogP contribution in [0.1, 0.15) is 24.5 Å². The minimum absolute atomic E-state index is 0. The van der Waals surface area contributed by atoms with E-state index >= 15 is 0 Å². The number of hydrogen-bond acceptors (Lipinski definition) is 4. The van der Waals surface area contributed by atoms with Crippen molar-refractivity contribution in [2.24, 2.45) is 4.99 Å². The van der Waals surface area contributed by atoms with Crippen LogP contribution < -0.4 is 15.4 Å². The largest absolute Gasteiger partial charge is 0.494 e. The zero-order valence-corrected chi connectivity index (χ0v) is 20.6. The third-order valence-electron chi connectivity index (χ3n) is 4.10. The van der Waals surface area contributed by atoms with Gasteiger partial charge in [0.1, 0.15) is 11.6 Å². The van der Waals surface area contributed by atoms with Gasteiger partial charge in [0.05, 0.1) is 18.0 Å². The first-order chi connectivity index (χ1) is 13.8. The zero-order chi connectivity index (χ0) is 21.3. The zero-order valence-electron chi connectivity index (χ0n) is 17.4. The van der Waals surface area contributed by atoms with E-state index in [9.17, 15) is 12.8 Å². The van der Waals surface area contributed by atoms with Gasteiger partial charge in [-0.1, -0.05) is 12.1 Å². The van der Waals surface area contributed by atoms with E-state index in [-0.39, 0.29) is 29.8 Å². The molecule has 0 radical (unpaired) electrons. The first kappa shape index (κ1) is 26.2. The lowest BCUT2D eigenvalue weighted by molar-refractivity contribution is 0.310. The van der Waals surface area contributed by atoms with Gasteiger partial charge in [-0.15, -0.1) is 24.0 Å². The monoisotopic (exact) mass is 549 g/mol. The van der Waals surface area contributed by atoms with Crippen molar-refractivity contribution in [1.82, 2.24) is 10.6 Å². The summed E-state index contributed by atoms with van der Waals surface area (Å²) in [6.45, 7) is 6.10. The first-order valence-electron chi connectivity index (χ1n) is 9.49. The number of guanidine groups is 1. The number of aryl methyl sites for hydroxylation is 1. The molecule has 0 atom stereocenters. The molecular formula is C21H29FIN3O3S. The summed E-state index contributed by atoms with van der Waals surface area (Å²) < 4.78 is 41.9. The summed E-state index contributed by atoms with van der Waals surface area (Å²) in [5.74, 6) is 1.03. The van der Waals surface area contributed by atoms with Crippen LogP contribution >= 0.6 is 24.0 Å². The highest BCUT2D eigenvalue weighted by Crippen LogP contribution is 2.17. The van der Waals surface area contributed by atoms with Crippen molar-refractivity contribution in [2.75, 3.05) is 26.0 Å². The van der Waals surface area contributed by atoms with Crippen LogP contribution in [0, 0.1) is 12.7 Å². The van der Waals surface area contributed by atoms with Crippen LogP contribution in [0.4, 0.5) is 4.39 Å². The van der Waals surface area contributed by atoms with E-state index in [0.29, 0.717) is 36.3 Å². The third kappa shape index (κ3) is 8.86. The maximum atomic E-state index is 12.9. The van der Waals surface area contributed by atoms with E-state index in [1.807, 2.05) is 13.0 Å². The standard InChI is InChI=1S/C21H28FN3O3S.HI/c1-4-23-21(24-12-5-13-28-19-9-7-18(22)8-10-19)25-15-17-6-11-20(16(2)14-17)29(3,26)27;/h6-11,14H,4-5,12-13,15H2,1-3H3,(H2,23,24,25);1H. The molecule has 2 aromatic carbocycles. The predicted octanol–water partition coefficient (Wildman–Crippen LogP) is 3.68. The van der Waals surface area contributed by atoms with E-state index in [1.54, 1.807) is 31.2 Å². The Balaban J connectivity index is 0.00000450. The molecule has 30 heavy (non-hydrogen) atoms. The van der Waals surface area contributed by atoms with Gasteiger partial charge in [-0.3, -0.25) is 0 Å². The van der Waals surface area contributed by atoms with Gasteiger partial charge >= 0.3 is 0 Å². The first-order valence-corrected chi connectivity index (χ1v) is 11.4. The number of nitrogens with one attached hydrogen (secondary N) is 2. The van der Waals surface area contributed by atoms with Crippen molar-refractivity contribution in [3.8, 4) is 5.75 Å². The molecule has 0 aliphatic rings. The summed E-state index contributed by atoms with van der Waals surface area (Å²) in [7, 11) is -3.22. The Labute approximate surface area is 195 Å². The number of benzene rings is 2. The van der Waals surface area contributed by atoms with Gasteiger partial charge < -0.3 is 15.4 Å². The fraction of sp³-hybridized carbons (Fsp3) is 0.381. The molecule has 0 heterocycles. The number of aliphatic imine (C=N–C) groups is 1. The highest BCUT2D eigenvalue weighted by molar-refractivity contribution is 14.0. The number of hydrogen-bond donors (Lipinski definition) is 2. The molecule has 0 fully saturated rings. The lowest BCUT2D eigenvalue weighted by Gasteiger charge is -2.12. The fourth-order valence-electron chi connectivity index (χ4n) is 2.74. The molecule has 9 heteroatoms. The molecule has 0 amide bonds. The van der Waals surface area contributed by atoms with Crippen LogP contribution in [0.25, 0.3) is 0 Å². The van der Waals surface area contributed by atoms with Gasteiger partial charge in [-0.25, -0.2) is 17.8 Å². The molecule has 166 valence electrons. The van der Waals surface area contributed by atoms with Crippen LogP contribution in [-0.2, 0) is 16.4 Å². The van der Waals surface area contributed by atoms with Crippen molar-refractivity contribution in [3.63, 3.8) is 0 Å². The summed E-state index contributed by atoms with van der Waals surface area (Å²) in [5, 5.41) is 6.42. The quantitative estimate of drug-likeness (QED) is 0.216. The van der Waals surface area contributed by atoms with E-state index < -0.39 is 9.84 Å². The second-order valence-corrected chi connectivity index (χ2v) is 8.63. The second-order valence-electron chi connectivity index (χ2n) is 6.65. The van der Waals surface area contributed by atoms with Gasteiger partial charge in [0.2, 0.25) is 0 Å². The number of sulfone groups is 1. The van der Waals surface area contributed by atoms with Crippen molar-refractivity contribution in [3.05, 3.63) is 59.4 Å². The van der Waals surface area contributed by atoms with Gasteiger partial charge in [0.25, 0.3) is 0 Å². The van der Waals surface area contributed by atoms with E-state index in [0.717, 1.165) is 24.1 Å². The van der Waals surface area contributed by atoms with Gasteiger partial charge in [-0.05, 0) is 61.7 Å². The second kappa shape index (κ2) is 12.7. The van der Waals surface area contributed by atoms with Gasteiger partial charge in [-0.2, -0.15) is 0 Å². The highest BCUT2D eigenvalue weighted by atomic mass is 127. The molecule has 0 bridgehead atoms. The normalized spacial score (nSPS) is 11.5. The summed E-state index contributed by atoms with van der Waals surface area (Å²) in [5.41, 5.74) is 1.66. The molecule has 0 aliphatic heterocycles. The Kier molecular flexibility index (Phi) is 11.1. The summed E-state index contributed by atoms with van der Waals surface area (Å²) >= 11 is 0. The van der Waals surface area contributed by atoms with Gasteiger partial charge in [0.15, 0.2) is 15.8 Å². The number of halogens is 2. The maximum Gasteiger partial charge on any atom is 0.191 e. The average molecular weight is 549 g/mol. The lowest BCUT2D eigenvalue weighted by atomic mass is 10.1. The van der Waals surface area contributed by atoms with Crippen LogP contribution in [0.3, 0.4) is 0 Å². The molecule has 0 aliphatic carbocycles. The van der Waals surface area contributed by atoms with Crippen LogP contribution in [0.5, 0.6) is 5.75 Å². The molecule has 2 aromatic rings. The molecule has 0 unspecified atom stereocenters. The Morgan fingerprint density at radius 2 is 1.83 bits per heavy atom. The van der Waals surface area contributed by atoms with E-state index in [1.165, 1.54) is 18.4 Å². The summed E-state index contributed by atoms with van der Waals surface area (Å²) in [6.07, 6.45) is 1.96. The van der Waals surface area contributed by atoms with Gasteiger partial charge in [0, 0.05) is 19.3 Å². The number of nitrogens with zero attached hydrogens (tertiary/aromatic N) is 1. The molecule has 6 nitrogen and oxygen atoms in total. The topological polar surface area (TPSA) is 79.8 Å².